The first-order chi connectivity index (χ1) is 9.65. The van der Waals surface area contributed by atoms with E-state index in [1.165, 1.54) is 6.07 Å². The van der Waals surface area contributed by atoms with E-state index in [1.807, 2.05) is 12.1 Å². The smallest absolute Gasteiger partial charge is 0.159 e. The standard InChI is InChI=1S/C16H14F3N/c17-13-5-4-10(9-15(13)19)8-14(18)12-3-1-2-11-6-7-20-16(11)12/h1-5,9,14,20H,6-8H2. The number of hydrogen-bond acceptors (Lipinski definition) is 1. The minimum absolute atomic E-state index is 0.0370. The van der Waals surface area contributed by atoms with Gasteiger partial charge in [-0.05, 0) is 29.7 Å². The maximum Gasteiger partial charge on any atom is 0.159 e. The number of nitrogens with one attached hydrogen (secondary N) is 1. The Balaban J connectivity index is 1.84. The quantitative estimate of drug-likeness (QED) is 0.887. The van der Waals surface area contributed by atoms with Crippen LogP contribution in [0.25, 0.3) is 0 Å². The van der Waals surface area contributed by atoms with Gasteiger partial charge in [-0.25, -0.2) is 13.2 Å². The Bertz CT molecular complexity index is 640. The summed E-state index contributed by atoms with van der Waals surface area (Å²) < 4.78 is 40.5. The molecule has 1 aliphatic rings. The molecule has 1 unspecified atom stereocenters. The van der Waals surface area contributed by atoms with Crippen LogP contribution in [-0.4, -0.2) is 6.54 Å². The van der Waals surface area contributed by atoms with E-state index < -0.39 is 17.8 Å². The van der Waals surface area contributed by atoms with Gasteiger partial charge < -0.3 is 5.32 Å². The van der Waals surface area contributed by atoms with Gasteiger partial charge in [0.1, 0.15) is 6.17 Å². The highest BCUT2D eigenvalue weighted by molar-refractivity contribution is 5.62. The second kappa shape index (κ2) is 5.19. The highest BCUT2D eigenvalue weighted by Crippen LogP contribution is 2.34. The summed E-state index contributed by atoms with van der Waals surface area (Å²) >= 11 is 0. The predicted molar refractivity (Wildman–Crippen MR) is 72.5 cm³/mol. The third-order valence-electron chi connectivity index (χ3n) is 3.62. The van der Waals surface area contributed by atoms with Gasteiger partial charge in [0.15, 0.2) is 11.6 Å². The van der Waals surface area contributed by atoms with Crippen molar-refractivity contribution in [3.05, 3.63) is 64.7 Å². The monoisotopic (exact) mass is 277 g/mol. The lowest BCUT2D eigenvalue weighted by Gasteiger charge is -2.13. The number of para-hydroxylation sites is 1. The summed E-state index contributed by atoms with van der Waals surface area (Å²) in [5, 5.41) is 3.18. The Kier molecular flexibility index (Phi) is 3.38. The maximum atomic E-state index is 14.5. The van der Waals surface area contributed by atoms with E-state index in [9.17, 15) is 13.2 Å². The molecule has 0 amide bonds. The van der Waals surface area contributed by atoms with E-state index >= 15 is 0 Å². The molecule has 0 saturated heterocycles. The first-order valence-corrected chi connectivity index (χ1v) is 6.59. The van der Waals surface area contributed by atoms with Crippen LogP contribution in [0.15, 0.2) is 36.4 Å². The molecule has 0 bridgehead atoms. The molecule has 1 N–H and O–H groups in total. The van der Waals surface area contributed by atoms with Crippen LogP contribution < -0.4 is 5.32 Å². The Morgan fingerprint density at radius 1 is 1.10 bits per heavy atom. The molecule has 0 spiro atoms. The second-order valence-electron chi connectivity index (χ2n) is 4.98. The number of halogens is 3. The summed E-state index contributed by atoms with van der Waals surface area (Å²) in [5.74, 6) is -1.85. The van der Waals surface area contributed by atoms with Gasteiger partial charge >= 0.3 is 0 Å². The van der Waals surface area contributed by atoms with Crippen molar-refractivity contribution in [2.24, 2.45) is 0 Å². The minimum atomic E-state index is -1.24. The van der Waals surface area contributed by atoms with Crippen molar-refractivity contribution in [3.8, 4) is 0 Å². The number of fused-ring (bicyclic) bond motifs is 1. The summed E-state index contributed by atoms with van der Waals surface area (Å²) in [6.07, 6.45) is -0.309. The fraction of sp³-hybridized carbons (Fsp3) is 0.250. The molecule has 1 aliphatic heterocycles. The van der Waals surface area contributed by atoms with Crippen LogP contribution in [0.1, 0.15) is 22.9 Å². The van der Waals surface area contributed by atoms with Crippen LogP contribution in [0.5, 0.6) is 0 Å². The van der Waals surface area contributed by atoms with E-state index in [2.05, 4.69) is 5.32 Å². The molecular weight excluding hydrogens is 263 g/mol. The number of alkyl halides is 1. The van der Waals surface area contributed by atoms with Crippen LogP contribution in [0.3, 0.4) is 0 Å². The van der Waals surface area contributed by atoms with E-state index in [4.69, 9.17) is 0 Å². The zero-order valence-corrected chi connectivity index (χ0v) is 10.8. The fourth-order valence-corrected chi connectivity index (χ4v) is 2.61. The topological polar surface area (TPSA) is 12.0 Å². The predicted octanol–water partition coefficient (Wildman–Crippen LogP) is 4.19. The van der Waals surface area contributed by atoms with Crippen LogP contribution in [0, 0.1) is 11.6 Å². The Morgan fingerprint density at radius 2 is 1.95 bits per heavy atom. The first-order valence-electron chi connectivity index (χ1n) is 6.59. The second-order valence-corrected chi connectivity index (χ2v) is 4.98. The molecule has 0 radical (unpaired) electrons. The van der Waals surface area contributed by atoms with Crippen molar-refractivity contribution in [1.29, 1.82) is 0 Å². The Hall–Kier alpha value is -1.97. The third-order valence-corrected chi connectivity index (χ3v) is 3.62. The fourth-order valence-electron chi connectivity index (χ4n) is 2.61. The average molecular weight is 277 g/mol. The van der Waals surface area contributed by atoms with E-state index in [1.54, 1.807) is 6.07 Å². The molecule has 0 fully saturated rings. The summed E-state index contributed by atoms with van der Waals surface area (Å²) in [5.41, 5.74) is 3.00. The SMILES string of the molecule is Fc1ccc(CC(F)c2cccc3c2NCC3)cc1F. The van der Waals surface area contributed by atoms with Crippen molar-refractivity contribution in [2.75, 3.05) is 11.9 Å². The largest absolute Gasteiger partial charge is 0.384 e. The number of benzene rings is 2. The number of hydrogen-bond donors (Lipinski definition) is 1. The van der Waals surface area contributed by atoms with Crippen molar-refractivity contribution < 1.29 is 13.2 Å². The molecule has 1 heterocycles. The van der Waals surface area contributed by atoms with Gasteiger partial charge in [-0.1, -0.05) is 24.3 Å². The van der Waals surface area contributed by atoms with Crippen molar-refractivity contribution >= 4 is 5.69 Å². The normalized spacial score (nSPS) is 14.8. The van der Waals surface area contributed by atoms with Crippen LogP contribution in [-0.2, 0) is 12.8 Å². The molecule has 20 heavy (non-hydrogen) atoms. The molecule has 1 atom stereocenters. The van der Waals surface area contributed by atoms with Crippen LogP contribution in [0.2, 0.25) is 0 Å². The number of rotatable bonds is 3. The summed E-state index contributed by atoms with van der Waals surface area (Å²) in [6, 6.07) is 9.05. The van der Waals surface area contributed by atoms with Crippen molar-refractivity contribution in [2.45, 2.75) is 19.0 Å². The molecule has 3 rings (SSSR count). The maximum absolute atomic E-state index is 14.5. The van der Waals surface area contributed by atoms with Gasteiger partial charge in [-0.3, -0.25) is 0 Å². The minimum Gasteiger partial charge on any atom is -0.384 e. The molecule has 1 nitrogen and oxygen atoms in total. The average Bonchev–Trinajstić information content (AvgIpc) is 2.91. The molecule has 0 saturated carbocycles. The lowest BCUT2D eigenvalue weighted by Crippen LogP contribution is -2.02. The Labute approximate surface area is 115 Å². The molecule has 4 heteroatoms. The molecule has 0 aliphatic carbocycles. The van der Waals surface area contributed by atoms with E-state index in [-0.39, 0.29) is 6.42 Å². The molecular formula is C16H14F3N. The number of anilines is 1. The summed E-state index contributed by atoms with van der Waals surface area (Å²) in [4.78, 5) is 0. The van der Waals surface area contributed by atoms with Crippen LogP contribution in [0.4, 0.5) is 18.9 Å². The Morgan fingerprint density at radius 3 is 2.75 bits per heavy atom. The lowest BCUT2D eigenvalue weighted by molar-refractivity contribution is 0.342. The van der Waals surface area contributed by atoms with Crippen LogP contribution >= 0.6 is 0 Å². The first kappa shape index (κ1) is 13.0. The van der Waals surface area contributed by atoms with E-state index in [0.29, 0.717) is 11.1 Å². The van der Waals surface area contributed by atoms with Gasteiger partial charge in [0.2, 0.25) is 0 Å². The highest BCUT2D eigenvalue weighted by Gasteiger charge is 2.20. The summed E-state index contributed by atoms with van der Waals surface area (Å²) in [7, 11) is 0. The van der Waals surface area contributed by atoms with Gasteiger partial charge in [0.05, 0.1) is 0 Å². The summed E-state index contributed by atoms with van der Waals surface area (Å²) in [6.45, 7) is 0.810. The van der Waals surface area contributed by atoms with Crippen molar-refractivity contribution in [3.63, 3.8) is 0 Å². The zero-order chi connectivity index (χ0) is 14.1. The van der Waals surface area contributed by atoms with Gasteiger partial charge in [0.25, 0.3) is 0 Å². The highest BCUT2D eigenvalue weighted by atomic mass is 19.2. The molecule has 2 aromatic rings. The van der Waals surface area contributed by atoms with Crippen molar-refractivity contribution in [1.82, 2.24) is 0 Å². The zero-order valence-electron chi connectivity index (χ0n) is 10.8. The molecule has 104 valence electrons. The van der Waals surface area contributed by atoms with Gasteiger partial charge in [0, 0.05) is 24.2 Å². The molecule has 2 aromatic carbocycles. The van der Waals surface area contributed by atoms with E-state index in [0.717, 1.165) is 36.3 Å². The van der Waals surface area contributed by atoms with Gasteiger partial charge in [-0.15, -0.1) is 0 Å². The molecule has 0 aromatic heterocycles. The third kappa shape index (κ3) is 2.38. The van der Waals surface area contributed by atoms with Gasteiger partial charge in [-0.2, -0.15) is 0 Å². The lowest BCUT2D eigenvalue weighted by atomic mass is 9.99.